The number of ether oxygens (including phenoxy) is 3. The largest absolute Gasteiger partial charge is 0.480 e. The first-order valence-electron chi connectivity index (χ1n) is 24.2. The molecule has 506 valence electrons. The van der Waals surface area contributed by atoms with Crippen LogP contribution in [0.2, 0.25) is 10.0 Å². The number of sulfonamides is 3. The lowest BCUT2D eigenvalue weighted by molar-refractivity contribution is -0.138. The van der Waals surface area contributed by atoms with Crippen LogP contribution in [0.4, 0.5) is 66.7 Å². The highest BCUT2D eigenvalue weighted by Crippen LogP contribution is 2.36. The molecule has 6 aromatic rings. The van der Waals surface area contributed by atoms with Gasteiger partial charge >= 0.3 is 61.6 Å². The molecule has 10 N–H and O–H groups in total. The molecule has 0 bridgehead atoms. The van der Waals surface area contributed by atoms with E-state index in [-0.39, 0.29) is 67.7 Å². The summed E-state index contributed by atoms with van der Waals surface area (Å²) in [5.41, 5.74) is 3.10. The van der Waals surface area contributed by atoms with E-state index in [0.29, 0.717) is 10.7 Å². The Kier molecular flexibility index (Phi) is 27.9. The van der Waals surface area contributed by atoms with Gasteiger partial charge in [0.15, 0.2) is 7.37 Å². The standard InChI is InChI=1S/C15H16F3N5O4S.C14H10F4N4O7S.C11H10Cl2F2N4O3S.C5H12NO4P/c1-9-19-12(22-14(20-9)27-2)21-13(24)23-28(25,26)11-6-4-3-5-10(11)7-8-15(16,17)18;15-11(16)28-8-5-9(29-12(17)18)20-13(19-8)21-14(25)22-30(26,27)7-4-2-1-3-6(7)10(23)24;1-5-16-19(11(20)18(5)10(14)15)9-4-8(17-23(2,21)22)6(12)3-7(9)13;1-11(9,10)3-2-4(6)5(7)8/h3-6H,7-8H2,1-2H3,(H2,19,20,21,22,23,24);1-5,11-12H,(H,23,24)(H2,19,20,21,22,25);3-4,10,17H,1-2H3;4H,2-3,6H2,1H3,(H,7,8)(H,9,10). The number of rotatable bonds is 22. The predicted octanol–water partition coefficient (Wildman–Crippen LogP) is 6.19. The van der Waals surface area contributed by atoms with Crippen molar-refractivity contribution in [1.29, 1.82) is 0 Å². The molecule has 0 saturated heterocycles. The predicted molar refractivity (Wildman–Crippen MR) is 302 cm³/mol. The normalized spacial score (nSPS) is 12.5. The molecule has 0 spiro atoms. The van der Waals surface area contributed by atoms with Gasteiger partial charge in [0.2, 0.25) is 33.7 Å². The lowest BCUT2D eigenvalue weighted by atomic mass is 10.1. The number of carbonyl (C=O) groups is 4. The van der Waals surface area contributed by atoms with Crippen molar-refractivity contribution in [3.63, 3.8) is 0 Å². The van der Waals surface area contributed by atoms with Gasteiger partial charge in [0.25, 0.3) is 20.0 Å². The van der Waals surface area contributed by atoms with E-state index in [1.807, 2.05) is 0 Å². The highest BCUT2D eigenvalue weighted by Gasteiger charge is 2.30. The molecule has 3 aromatic heterocycles. The number of amides is 4. The lowest BCUT2D eigenvalue weighted by Gasteiger charge is -2.13. The summed E-state index contributed by atoms with van der Waals surface area (Å²) in [4.78, 5) is 82.7. The summed E-state index contributed by atoms with van der Waals surface area (Å²) in [5.74, 6) is -5.87. The number of halogens is 11. The van der Waals surface area contributed by atoms with Crippen molar-refractivity contribution in [2.45, 2.75) is 74.9 Å². The van der Waals surface area contributed by atoms with Crippen LogP contribution in [0.5, 0.6) is 17.8 Å². The molecule has 2 unspecified atom stereocenters. The van der Waals surface area contributed by atoms with Crippen LogP contribution < -0.4 is 50.4 Å². The van der Waals surface area contributed by atoms with Crippen LogP contribution in [-0.2, 0) is 45.9 Å². The number of nitrogens with one attached hydrogen (secondary N) is 5. The zero-order chi connectivity index (χ0) is 70.0. The summed E-state index contributed by atoms with van der Waals surface area (Å²) in [7, 11) is -14.6. The second-order valence-corrected chi connectivity index (χ2v) is 25.9. The van der Waals surface area contributed by atoms with Gasteiger partial charge in [0.1, 0.15) is 22.6 Å². The van der Waals surface area contributed by atoms with Crippen molar-refractivity contribution in [2.24, 2.45) is 5.73 Å². The minimum atomic E-state index is -4.71. The van der Waals surface area contributed by atoms with Gasteiger partial charge in [0, 0.05) is 19.2 Å². The SMILES string of the molecule is COc1nc(C)nc(NC(=O)NS(=O)(=O)c2ccccc2CCC(F)(F)F)n1.CP(=O)(O)CCC(N)C(=O)O.Cc1nn(-c2cc(NS(C)(=O)=O)c(Cl)cc2Cl)c(=O)n1C(F)F.O=C(Nc1nc(OC(F)F)cc(OC(F)F)n1)NS(=O)(=O)c1ccccc1C(=O)O. The Labute approximate surface area is 522 Å². The molecule has 0 aliphatic heterocycles. The van der Waals surface area contributed by atoms with E-state index in [4.69, 9.17) is 48.8 Å². The maximum absolute atomic E-state index is 12.8. The van der Waals surface area contributed by atoms with Gasteiger partial charge in [-0.05, 0) is 62.6 Å². The zero-order valence-corrected chi connectivity index (χ0v) is 51.8. The molecular weight excluding hydrogens is 1390 g/mol. The Morgan fingerprint density at radius 3 is 1.74 bits per heavy atom. The highest BCUT2D eigenvalue weighted by atomic mass is 35.5. The minimum absolute atomic E-state index is 0.0257. The average Bonchev–Trinajstić information content (AvgIpc) is 1.56. The molecule has 0 saturated carbocycles. The fraction of sp³-hybridized carbons (Fsp3) is 0.311. The maximum Gasteiger partial charge on any atom is 0.389 e. The third-order valence-electron chi connectivity index (χ3n) is 10.2. The molecule has 92 heavy (non-hydrogen) atoms. The fourth-order valence-corrected chi connectivity index (χ4v) is 10.6. The Morgan fingerprint density at radius 2 is 1.27 bits per heavy atom. The van der Waals surface area contributed by atoms with Crippen molar-refractivity contribution >= 4 is 102 Å². The van der Waals surface area contributed by atoms with E-state index in [0.717, 1.165) is 30.5 Å². The first-order valence-corrected chi connectivity index (χ1v) is 32.1. The zero-order valence-electron chi connectivity index (χ0n) is 46.9. The molecule has 4 amide bonds. The first kappa shape index (κ1) is 77.6. The van der Waals surface area contributed by atoms with Gasteiger partial charge < -0.3 is 35.1 Å². The number of aryl methyl sites for hydroxylation is 3. The number of carboxylic acids is 2. The number of urea groups is 2. The molecule has 0 aliphatic rings. The van der Waals surface area contributed by atoms with Crippen molar-refractivity contribution in [3.05, 3.63) is 110 Å². The number of aromatic nitrogens is 8. The number of alkyl halides is 9. The Balaban J connectivity index is 0.000000335. The van der Waals surface area contributed by atoms with Crippen molar-refractivity contribution in [1.82, 2.24) is 48.7 Å². The molecule has 6 rings (SSSR count). The molecule has 0 radical (unpaired) electrons. The van der Waals surface area contributed by atoms with Gasteiger partial charge in [-0.25, -0.2) is 58.4 Å². The fourth-order valence-electron chi connectivity index (χ4n) is 6.44. The number of nitrogens with two attached hydrogens (primary N) is 1. The van der Waals surface area contributed by atoms with Crippen LogP contribution in [0.1, 0.15) is 47.0 Å². The smallest absolute Gasteiger partial charge is 0.389 e. The summed E-state index contributed by atoms with van der Waals surface area (Å²) < 4.78 is 214. The van der Waals surface area contributed by atoms with Crippen molar-refractivity contribution in [2.75, 3.05) is 41.5 Å². The van der Waals surface area contributed by atoms with E-state index < -0.39 is 145 Å². The van der Waals surface area contributed by atoms with Crippen LogP contribution in [0.3, 0.4) is 0 Å². The van der Waals surface area contributed by atoms with Gasteiger partial charge in [-0.3, -0.25) is 24.7 Å². The van der Waals surface area contributed by atoms with Gasteiger partial charge in [-0.15, -0.1) is 5.10 Å². The van der Waals surface area contributed by atoms with Crippen molar-refractivity contribution in [3.8, 4) is 23.5 Å². The number of hydrogen-bond acceptors (Lipinski definition) is 22. The third-order valence-corrected chi connectivity index (χ3v) is 15.3. The molecule has 0 fully saturated rings. The van der Waals surface area contributed by atoms with Gasteiger partial charge in [-0.2, -0.15) is 69.1 Å². The van der Waals surface area contributed by atoms with Crippen molar-refractivity contribution < 1.29 is 118 Å². The number of benzene rings is 3. The number of hydrogen-bond donors (Lipinski definition) is 9. The molecular formula is C45H48Cl2F9N14O18PS3. The van der Waals surface area contributed by atoms with E-state index in [1.54, 1.807) is 10.0 Å². The summed E-state index contributed by atoms with van der Waals surface area (Å²) in [6, 6.07) is 8.31. The van der Waals surface area contributed by atoms with Gasteiger partial charge in [-0.1, -0.05) is 53.5 Å². The Morgan fingerprint density at radius 1 is 0.761 bits per heavy atom. The molecule has 3 heterocycles. The van der Waals surface area contributed by atoms with E-state index in [9.17, 15) is 93.3 Å². The number of methoxy groups -OCH3 is 1. The number of anilines is 3. The number of nitrogens with zero attached hydrogens (tertiary/aromatic N) is 8. The molecule has 0 aliphatic carbocycles. The van der Waals surface area contributed by atoms with Crippen LogP contribution in [-0.4, -0.2) is 155 Å². The van der Waals surface area contributed by atoms with Crippen LogP contribution in [0.15, 0.2) is 81.3 Å². The Bertz CT molecular complexity index is 4080. The van der Waals surface area contributed by atoms with Crippen LogP contribution in [0.25, 0.3) is 5.69 Å². The van der Waals surface area contributed by atoms with Crippen LogP contribution >= 0.6 is 30.6 Å². The monoisotopic (exact) mass is 1440 g/mol. The summed E-state index contributed by atoms with van der Waals surface area (Å²) in [6.07, 6.45) is -5.29. The van der Waals surface area contributed by atoms with E-state index >= 15 is 0 Å². The van der Waals surface area contributed by atoms with E-state index in [2.05, 4.69) is 49.5 Å². The number of carboxylic acid groups (broad SMARTS) is 2. The highest BCUT2D eigenvalue weighted by molar-refractivity contribution is 7.92. The first-order chi connectivity index (χ1) is 42.3. The second-order valence-electron chi connectivity index (χ2n) is 17.5. The average molecular weight is 1440 g/mol. The molecule has 47 heteroatoms. The third kappa shape index (κ3) is 25.9. The number of carbonyl (C=O) groups excluding carboxylic acids is 2. The number of aromatic carboxylic acids is 1. The molecule has 32 nitrogen and oxygen atoms in total. The number of aliphatic carboxylic acids is 1. The second kappa shape index (κ2) is 33.1. The topological polar surface area (TPSA) is 467 Å². The van der Waals surface area contributed by atoms with Gasteiger partial charge in [0.05, 0.1) is 51.3 Å². The summed E-state index contributed by atoms with van der Waals surface area (Å²) in [6.45, 7) is -5.98. The minimum Gasteiger partial charge on any atom is -0.480 e. The quantitative estimate of drug-likeness (QED) is 0.0270. The summed E-state index contributed by atoms with van der Waals surface area (Å²) >= 11 is 11.8. The maximum atomic E-state index is 12.8. The van der Waals surface area contributed by atoms with E-state index in [1.165, 1.54) is 68.7 Å². The lowest BCUT2D eigenvalue weighted by Crippen LogP contribution is -2.35. The molecule has 2 atom stereocenters. The molecule has 3 aromatic carbocycles. The summed E-state index contributed by atoms with van der Waals surface area (Å²) in [5, 5.41) is 24.8. The Hall–Kier alpha value is -8.68. The van der Waals surface area contributed by atoms with Crippen LogP contribution in [0, 0.1) is 13.8 Å².